The summed E-state index contributed by atoms with van der Waals surface area (Å²) in [4.78, 5) is 0. The van der Waals surface area contributed by atoms with Crippen LogP contribution in [0.1, 0.15) is 52.9 Å². The molecule has 1 heteroatoms. The average Bonchev–Trinajstić information content (AvgIpc) is 2.15. The van der Waals surface area contributed by atoms with Gasteiger partial charge >= 0.3 is 0 Å². The van der Waals surface area contributed by atoms with E-state index in [1.807, 2.05) is 0 Å². The largest absolute Gasteiger partial charge is 0.393 e. The third-order valence-corrected chi connectivity index (χ3v) is 4.95. The molecule has 0 amide bonds. The van der Waals surface area contributed by atoms with Gasteiger partial charge in [-0.1, -0.05) is 37.6 Å². The molecule has 2 aliphatic carbocycles. The van der Waals surface area contributed by atoms with Gasteiger partial charge in [0.1, 0.15) is 0 Å². The number of aliphatic hydroxyl groups is 1. The van der Waals surface area contributed by atoms with Crippen molar-refractivity contribution in [1.82, 2.24) is 0 Å². The third kappa shape index (κ3) is 1.66. The molecule has 2 atom stereocenters. The second-order valence-corrected chi connectivity index (χ2v) is 6.39. The van der Waals surface area contributed by atoms with E-state index in [0.717, 1.165) is 19.3 Å². The van der Waals surface area contributed by atoms with Gasteiger partial charge in [-0.05, 0) is 49.9 Å². The van der Waals surface area contributed by atoms with Crippen LogP contribution < -0.4 is 0 Å². The maximum atomic E-state index is 9.90. The summed E-state index contributed by atoms with van der Waals surface area (Å²) in [6.45, 7) is 11.1. The van der Waals surface area contributed by atoms with Gasteiger partial charge in [0.15, 0.2) is 0 Å². The molecule has 0 radical (unpaired) electrons. The topological polar surface area (TPSA) is 20.2 Å². The smallest absolute Gasteiger partial charge is 0.0582 e. The lowest BCUT2D eigenvalue weighted by Gasteiger charge is -2.54. The fourth-order valence-electron chi connectivity index (χ4n) is 3.71. The van der Waals surface area contributed by atoms with Gasteiger partial charge in [-0.15, -0.1) is 0 Å². The predicted molar refractivity (Wildman–Crippen MR) is 68.2 cm³/mol. The highest BCUT2D eigenvalue weighted by Crippen LogP contribution is 2.59. The van der Waals surface area contributed by atoms with Crippen LogP contribution in [0.2, 0.25) is 0 Å². The van der Waals surface area contributed by atoms with Crippen molar-refractivity contribution < 1.29 is 5.11 Å². The van der Waals surface area contributed by atoms with Crippen LogP contribution in [0.3, 0.4) is 0 Å². The van der Waals surface area contributed by atoms with Crippen LogP contribution in [0, 0.1) is 10.8 Å². The first-order chi connectivity index (χ1) is 7.37. The Kier molecular flexibility index (Phi) is 2.78. The second kappa shape index (κ2) is 3.73. The summed E-state index contributed by atoms with van der Waals surface area (Å²) in [5.74, 6) is 0. The van der Waals surface area contributed by atoms with Crippen LogP contribution in [0.4, 0.5) is 0 Å². The molecule has 0 heterocycles. The van der Waals surface area contributed by atoms with Crippen LogP contribution >= 0.6 is 0 Å². The SMILES string of the molecule is C=C1CC(O)CC(C)(C)[C@@]12CC=C(C)CC2. The number of hydrogen-bond donors (Lipinski definition) is 1. The molecule has 90 valence electrons. The Balaban J connectivity index is 2.34. The highest BCUT2D eigenvalue weighted by atomic mass is 16.3. The highest BCUT2D eigenvalue weighted by molar-refractivity contribution is 5.26. The molecule has 1 N–H and O–H groups in total. The molecule has 1 unspecified atom stereocenters. The summed E-state index contributed by atoms with van der Waals surface area (Å²) in [5, 5.41) is 9.90. The molecular formula is C15H24O. The van der Waals surface area contributed by atoms with E-state index in [9.17, 15) is 5.11 Å². The lowest BCUT2D eigenvalue weighted by molar-refractivity contribution is -0.00955. The van der Waals surface area contributed by atoms with E-state index in [0.29, 0.717) is 0 Å². The molecule has 1 fully saturated rings. The number of hydrogen-bond acceptors (Lipinski definition) is 1. The summed E-state index contributed by atoms with van der Waals surface area (Å²) >= 11 is 0. The molecule has 1 spiro atoms. The molecule has 1 nitrogen and oxygen atoms in total. The van der Waals surface area contributed by atoms with Crippen molar-refractivity contribution in [3.05, 3.63) is 23.8 Å². The van der Waals surface area contributed by atoms with Crippen molar-refractivity contribution in [1.29, 1.82) is 0 Å². The van der Waals surface area contributed by atoms with Crippen molar-refractivity contribution in [2.75, 3.05) is 0 Å². The fraction of sp³-hybridized carbons (Fsp3) is 0.733. The first-order valence-corrected chi connectivity index (χ1v) is 6.39. The monoisotopic (exact) mass is 220 g/mol. The van der Waals surface area contributed by atoms with Crippen LogP contribution in [-0.4, -0.2) is 11.2 Å². The lowest BCUT2D eigenvalue weighted by Crippen LogP contribution is -2.47. The van der Waals surface area contributed by atoms with Gasteiger partial charge in [0.25, 0.3) is 0 Å². The van der Waals surface area contributed by atoms with Gasteiger partial charge in [0.2, 0.25) is 0 Å². The average molecular weight is 220 g/mol. The highest BCUT2D eigenvalue weighted by Gasteiger charge is 2.50. The summed E-state index contributed by atoms with van der Waals surface area (Å²) in [6.07, 6.45) is 7.45. The Hall–Kier alpha value is -0.560. The molecule has 2 aliphatic rings. The zero-order valence-corrected chi connectivity index (χ0v) is 10.8. The predicted octanol–water partition coefficient (Wildman–Crippen LogP) is 3.84. The van der Waals surface area contributed by atoms with Crippen LogP contribution in [0.15, 0.2) is 23.8 Å². The molecule has 1 saturated carbocycles. The van der Waals surface area contributed by atoms with E-state index in [2.05, 4.69) is 33.4 Å². The van der Waals surface area contributed by atoms with Crippen molar-refractivity contribution in [3.63, 3.8) is 0 Å². The van der Waals surface area contributed by atoms with E-state index in [1.165, 1.54) is 24.0 Å². The number of rotatable bonds is 0. The standard InChI is InChI=1S/C15H24O/c1-11-5-7-15(8-6-11)12(2)9-13(16)10-14(15,3)4/h5,13,16H,2,6-10H2,1,3-4H3/t13?,15-/m1/s1. The van der Waals surface area contributed by atoms with E-state index in [4.69, 9.17) is 0 Å². The van der Waals surface area contributed by atoms with Crippen LogP contribution in [0.25, 0.3) is 0 Å². The summed E-state index contributed by atoms with van der Waals surface area (Å²) < 4.78 is 0. The van der Waals surface area contributed by atoms with Gasteiger partial charge in [-0.2, -0.15) is 0 Å². The Bertz CT molecular complexity index is 337. The maximum absolute atomic E-state index is 9.90. The van der Waals surface area contributed by atoms with Gasteiger partial charge in [0.05, 0.1) is 6.10 Å². The summed E-state index contributed by atoms with van der Waals surface area (Å²) in [6, 6.07) is 0. The zero-order valence-electron chi connectivity index (χ0n) is 10.8. The normalized spacial score (nSPS) is 38.6. The van der Waals surface area contributed by atoms with Crippen molar-refractivity contribution >= 4 is 0 Å². The minimum atomic E-state index is -0.180. The molecule has 16 heavy (non-hydrogen) atoms. The number of allylic oxidation sites excluding steroid dienone is 2. The van der Waals surface area contributed by atoms with Gasteiger partial charge < -0.3 is 5.11 Å². The molecule has 0 aromatic carbocycles. The molecule has 0 aliphatic heterocycles. The molecule has 2 rings (SSSR count). The first-order valence-electron chi connectivity index (χ1n) is 6.39. The molecule has 0 saturated heterocycles. The minimum absolute atomic E-state index is 0.180. The lowest BCUT2D eigenvalue weighted by atomic mass is 9.51. The molecule has 0 aromatic rings. The van der Waals surface area contributed by atoms with E-state index in [-0.39, 0.29) is 16.9 Å². The van der Waals surface area contributed by atoms with E-state index in [1.54, 1.807) is 0 Å². The van der Waals surface area contributed by atoms with Gasteiger partial charge in [0, 0.05) is 0 Å². The van der Waals surface area contributed by atoms with Crippen molar-refractivity contribution in [2.45, 2.75) is 59.0 Å². The van der Waals surface area contributed by atoms with Crippen molar-refractivity contribution in [3.8, 4) is 0 Å². The molecular weight excluding hydrogens is 196 g/mol. The van der Waals surface area contributed by atoms with Crippen LogP contribution in [0.5, 0.6) is 0 Å². The van der Waals surface area contributed by atoms with E-state index < -0.39 is 0 Å². The minimum Gasteiger partial charge on any atom is -0.393 e. The third-order valence-electron chi connectivity index (χ3n) is 4.95. The number of aliphatic hydroxyl groups excluding tert-OH is 1. The molecule has 0 bridgehead atoms. The quantitative estimate of drug-likeness (QED) is 0.615. The fourth-order valence-corrected chi connectivity index (χ4v) is 3.71. The molecule has 0 aromatic heterocycles. The first kappa shape index (κ1) is 11.9. The second-order valence-electron chi connectivity index (χ2n) is 6.39. The Labute approximate surface area is 99.3 Å². The summed E-state index contributed by atoms with van der Waals surface area (Å²) in [5.41, 5.74) is 3.21. The van der Waals surface area contributed by atoms with Gasteiger partial charge in [-0.3, -0.25) is 0 Å². The maximum Gasteiger partial charge on any atom is 0.0582 e. The van der Waals surface area contributed by atoms with Crippen molar-refractivity contribution in [2.24, 2.45) is 10.8 Å². The van der Waals surface area contributed by atoms with Crippen LogP contribution in [-0.2, 0) is 0 Å². The Morgan fingerprint density at radius 3 is 2.62 bits per heavy atom. The Morgan fingerprint density at radius 2 is 2.12 bits per heavy atom. The Morgan fingerprint density at radius 1 is 1.44 bits per heavy atom. The zero-order chi connectivity index (χ0) is 12.0. The summed E-state index contributed by atoms with van der Waals surface area (Å²) in [7, 11) is 0. The van der Waals surface area contributed by atoms with E-state index >= 15 is 0 Å². The van der Waals surface area contributed by atoms with Gasteiger partial charge in [-0.25, -0.2) is 0 Å².